The van der Waals surface area contributed by atoms with Gasteiger partial charge in [-0.1, -0.05) is 6.07 Å². The van der Waals surface area contributed by atoms with Crippen LogP contribution in [0.15, 0.2) is 30.7 Å². The van der Waals surface area contributed by atoms with Gasteiger partial charge in [-0.25, -0.2) is 23.1 Å². The first-order valence-electron chi connectivity index (χ1n) is 5.77. The maximum atomic E-state index is 13.8. The molecule has 0 aliphatic rings. The Labute approximate surface area is 122 Å². The van der Waals surface area contributed by atoms with Crippen molar-refractivity contribution in [2.45, 2.75) is 11.7 Å². The molecule has 0 amide bonds. The Morgan fingerprint density at radius 3 is 2.52 bits per heavy atom. The lowest BCUT2D eigenvalue weighted by atomic mass is 9.87. The van der Waals surface area contributed by atoms with E-state index in [1.54, 1.807) is 0 Å². The number of alkyl halides is 1. The normalized spacial score (nSPS) is 15.5. The summed E-state index contributed by atoms with van der Waals surface area (Å²) in [7, 11) is 0. The largest absolute Gasteiger partial charge is 0.383 e. The van der Waals surface area contributed by atoms with Crippen molar-refractivity contribution in [2.24, 2.45) is 0 Å². The molecule has 0 aliphatic carbocycles. The second kappa shape index (κ2) is 5.97. The molecule has 2 rings (SSSR count). The predicted molar refractivity (Wildman–Crippen MR) is 67.9 cm³/mol. The molecule has 2 aromatic rings. The van der Waals surface area contributed by atoms with Crippen molar-refractivity contribution in [3.05, 3.63) is 59.4 Å². The summed E-state index contributed by atoms with van der Waals surface area (Å²) in [5, 5.41) is 20.6. The van der Waals surface area contributed by atoms with Crippen LogP contribution < -0.4 is 0 Å². The molecule has 0 radical (unpaired) electrons. The van der Waals surface area contributed by atoms with E-state index < -0.39 is 46.3 Å². The van der Waals surface area contributed by atoms with Crippen LogP contribution in [0.25, 0.3) is 0 Å². The van der Waals surface area contributed by atoms with Crippen LogP contribution in [0.4, 0.5) is 13.2 Å². The maximum absolute atomic E-state index is 13.8. The lowest BCUT2D eigenvalue weighted by Gasteiger charge is -2.31. The first-order valence-corrected chi connectivity index (χ1v) is 6.31. The van der Waals surface area contributed by atoms with E-state index in [2.05, 4.69) is 9.97 Å². The van der Waals surface area contributed by atoms with Crippen molar-refractivity contribution in [3.8, 4) is 0 Å². The van der Waals surface area contributed by atoms with Gasteiger partial charge >= 0.3 is 0 Å². The summed E-state index contributed by atoms with van der Waals surface area (Å²) in [5.74, 6) is -3.64. The third-order valence-corrected chi connectivity index (χ3v) is 3.42. The van der Waals surface area contributed by atoms with E-state index in [1.807, 2.05) is 0 Å². The molecule has 112 valence electrons. The molecule has 4 nitrogen and oxygen atoms in total. The maximum Gasteiger partial charge on any atom is 0.165 e. The average molecular weight is 319 g/mol. The van der Waals surface area contributed by atoms with Crippen LogP contribution in [0.3, 0.4) is 0 Å². The summed E-state index contributed by atoms with van der Waals surface area (Å²) in [6, 6.07) is 2.34. The minimum Gasteiger partial charge on any atom is -0.383 e. The van der Waals surface area contributed by atoms with Gasteiger partial charge in [-0.05, 0) is 6.07 Å². The molecule has 0 bridgehead atoms. The van der Waals surface area contributed by atoms with Crippen molar-refractivity contribution in [3.63, 3.8) is 0 Å². The molecule has 1 aromatic carbocycles. The summed E-state index contributed by atoms with van der Waals surface area (Å²) < 4.78 is 40.3. The van der Waals surface area contributed by atoms with Gasteiger partial charge in [0, 0.05) is 11.6 Å². The number of rotatable bonds is 4. The third kappa shape index (κ3) is 2.85. The van der Waals surface area contributed by atoms with Gasteiger partial charge in [0.15, 0.2) is 5.82 Å². The van der Waals surface area contributed by atoms with Crippen LogP contribution in [0, 0.1) is 17.5 Å². The highest BCUT2D eigenvalue weighted by molar-refractivity contribution is 6.18. The van der Waals surface area contributed by atoms with E-state index in [1.165, 1.54) is 0 Å². The molecule has 2 N–H and O–H groups in total. The molecule has 0 saturated heterocycles. The molecule has 0 saturated carbocycles. The molecular weight excluding hydrogens is 309 g/mol. The summed E-state index contributed by atoms with van der Waals surface area (Å²) in [5.41, 5.74) is -3.39. The summed E-state index contributed by atoms with van der Waals surface area (Å²) >= 11 is 5.62. The Bertz CT molecular complexity index is 659. The van der Waals surface area contributed by atoms with Crippen LogP contribution in [-0.2, 0) is 5.60 Å². The van der Waals surface area contributed by atoms with Crippen LogP contribution in [0.1, 0.15) is 17.4 Å². The van der Waals surface area contributed by atoms with E-state index in [9.17, 15) is 23.4 Å². The zero-order chi connectivity index (χ0) is 15.6. The van der Waals surface area contributed by atoms with E-state index in [4.69, 9.17) is 11.6 Å². The fraction of sp³-hybridized carbons (Fsp3) is 0.231. The van der Waals surface area contributed by atoms with E-state index >= 15 is 0 Å². The molecule has 0 aliphatic heterocycles. The monoisotopic (exact) mass is 318 g/mol. The van der Waals surface area contributed by atoms with Crippen LogP contribution in [0.2, 0.25) is 0 Å². The lowest BCUT2D eigenvalue weighted by Crippen LogP contribution is -2.37. The van der Waals surface area contributed by atoms with Crippen molar-refractivity contribution in [2.75, 3.05) is 5.88 Å². The highest BCUT2D eigenvalue weighted by Crippen LogP contribution is 2.37. The van der Waals surface area contributed by atoms with Gasteiger partial charge in [0.2, 0.25) is 0 Å². The number of nitrogens with zero attached hydrogens (tertiary/aromatic N) is 2. The van der Waals surface area contributed by atoms with Crippen LogP contribution in [0.5, 0.6) is 0 Å². The Hall–Kier alpha value is -1.70. The Morgan fingerprint density at radius 1 is 1.24 bits per heavy atom. The standard InChI is InChI=1S/C13H10ClF3N2O2/c14-5-13(21,8-2-1-7(15)3-9(8)16)12(20)11-10(17)4-18-6-19-11/h1-4,6,12,20-21H,5H2/t12-,13+/m1/s1. The summed E-state index contributed by atoms with van der Waals surface area (Å²) in [4.78, 5) is 6.92. The van der Waals surface area contributed by atoms with Gasteiger partial charge in [-0.3, -0.25) is 0 Å². The topological polar surface area (TPSA) is 66.2 Å². The zero-order valence-corrected chi connectivity index (χ0v) is 11.2. The lowest BCUT2D eigenvalue weighted by molar-refractivity contribution is -0.0720. The smallest absolute Gasteiger partial charge is 0.165 e. The van der Waals surface area contributed by atoms with Gasteiger partial charge in [0.05, 0.1) is 12.1 Å². The fourth-order valence-electron chi connectivity index (χ4n) is 1.88. The minimum absolute atomic E-state index is 0.468. The number of aromatic nitrogens is 2. The minimum atomic E-state index is -2.38. The SMILES string of the molecule is O[C@H](c1ncncc1F)[C@](O)(CCl)c1ccc(F)cc1F. The highest BCUT2D eigenvalue weighted by Gasteiger charge is 2.42. The van der Waals surface area contributed by atoms with Gasteiger partial charge < -0.3 is 10.2 Å². The van der Waals surface area contributed by atoms with Crippen molar-refractivity contribution in [1.82, 2.24) is 9.97 Å². The molecule has 1 aromatic heterocycles. The molecule has 0 spiro atoms. The average Bonchev–Trinajstić information content (AvgIpc) is 2.46. The predicted octanol–water partition coefficient (Wildman–Crippen LogP) is 2.05. The molecule has 8 heteroatoms. The number of aliphatic hydroxyl groups is 2. The Balaban J connectivity index is 2.53. The Kier molecular flexibility index (Phi) is 4.46. The highest BCUT2D eigenvalue weighted by atomic mass is 35.5. The second-order valence-electron chi connectivity index (χ2n) is 4.34. The number of hydrogen-bond donors (Lipinski definition) is 2. The van der Waals surface area contributed by atoms with Crippen LogP contribution >= 0.6 is 11.6 Å². The van der Waals surface area contributed by atoms with E-state index in [0.717, 1.165) is 24.7 Å². The molecule has 0 fully saturated rings. The van der Waals surface area contributed by atoms with E-state index in [0.29, 0.717) is 6.07 Å². The number of halogens is 4. The molecular formula is C13H10ClF3N2O2. The number of aliphatic hydroxyl groups excluding tert-OH is 1. The second-order valence-corrected chi connectivity index (χ2v) is 4.61. The van der Waals surface area contributed by atoms with Crippen molar-refractivity contribution >= 4 is 11.6 Å². The molecule has 1 heterocycles. The summed E-state index contributed by atoms with van der Waals surface area (Å²) in [6.07, 6.45) is -0.226. The molecule has 0 unspecified atom stereocenters. The van der Waals surface area contributed by atoms with Gasteiger partial charge in [0.25, 0.3) is 0 Å². The first-order chi connectivity index (χ1) is 9.90. The third-order valence-electron chi connectivity index (χ3n) is 3.01. The number of benzene rings is 1. The molecule has 2 atom stereocenters. The fourth-order valence-corrected chi connectivity index (χ4v) is 2.17. The number of hydrogen-bond acceptors (Lipinski definition) is 4. The van der Waals surface area contributed by atoms with E-state index in [-0.39, 0.29) is 0 Å². The summed E-state index contributed by atoms with van der Waals surface area (Å²) in [6.45, 7) is 0. The van der Waals surface area contributed by atoms with Crippen LogP contribution in [-0.4, -0.2) is 26.1 Å². The van der Waals surface area contributed by atoms with Gasteiger partial charge in [-0.15, -0.1) is 11.6 Å². The quantitative estimate of drug-likeness (QED) is 0.847. The van der Waals surface area contributed by atoms with Crippen molar-refractivity contribution in [1.29, 1.82) is 0 Å². The first kappa shape index (κ1) is 15.7. The Morgan fingerprint density at radius 2 is 1.95 bits per heavy atom. The molecule has 21 heavy (non-hydrogen) atoms. The van der Waals surface area contributed by atoms with Gasteiger partial charge in [0.1, 0.15) is 35.4 Å². The van der Waals surface area contributed by atoms with Gasteiger partial charge in [-0.2, -0.15) is 0 Å². The zero-order valence-electron chi connectivity index (χ0n) is 10.5. The van der Waals surface area contributed by atoms with Crippen molar-refractivity contribution < 1.29 is 23.4 Å².